The molecule has 0 spiro atoms. The third-order valence-corrected chi connectivity index (χ3v) is 5.11. The summed E-state index contributed by atoms with van der Waals surface area (Å²) in [6.45, 7) is 0.771. The first-order chi connectivity index (χ1) is 8.28. The highest BCUT2D eigenvalue weighted by molar-refractivity contribution is 9.10. The highest BCUT2D eigenvalue weighted by Gasteiger charge is 2.02. The predicted molar refractivity (Wildman–Crippen MR) is 80.0 cm³/mol. The smallest absolute Gasteiger partial charge is 0.0649 e. The number of benzene rings is 1. The summed E-state index contributed by atoms with van der Waals surface area (Å²) in [5.74, 6) is 0. The highest BCUT2D eigenvalue weighted by atomic mass is 79.9. The van der Waals surface area contributed by atoms with E-state index in [2.05, 4.69) is 52.3 Å². The molecule has 0 amide bonds. The van der Waals surface area contributed by atoms with E-state index in [0.29, 0.717) is 0 Å². The zero-order valence-electron chi connectivity index (χ0n) is 9.36. The molecule has 1 aromatic heterocycles. The number of halogens is 1. The quantitative estimate of drug-likeness (QED) is 0.871. The number of rotatable bonds is 5. The van der Waals surface area contributed by atoms with Crippen molar-refractivity contribution in [3.63, 3.8) is 0 Å². The zero-order valence-corrected chi connectivity index (χ0v) is 12.6. The first-order valence-corrected chi connectivity index (χ1v) is 7.93. The lowest BCUT2D eigenvalue weighted by Gasteiger charge is -1.98. The normalized spacial score (nSPS) is 10.7. The van der Waals surface area contributed by atoms with E-state index in [1.807, 2.05) is 23.1 Å². The maximum atomic E-state index is 5.52. The molecule has 1 heterocycles. The van der Waals surface area contributed by atoms with Gasteiger partial charge in [-0.05, 0) is 55.8 Å². The maximum absolute atomic E-state index is 5.52. The van der Waals surface area contributed by atoms with Crippen LogP contribution in [0.4, 0.5) is 0 Å². The van der Waals surface area contributed by atoms with Gasteiger partial charge < -0.3 is 5.73 Å². The fourth-order valence-electron chi connectivity index (χ4n) is 1.44. The minimum absolute atomic E-state index is 0.771. The van der Waals surface area contributed by atoms with Crippen LogP contribution in [0.25, 0.3) is 0 Å². The molecule has 0 aliphatic carbocycles. The van der Waals surface area contributed by atoms with Crippen molar-refractivity contribution in [3.05, 3.63) is 45.7 Å². The van der Waals surface area contributed by atoms with Crippen LogP contribution in [0, 0.1) is 0 Å². The molecule has 17 heavy (non-hydrogen) atoms. The second kappa shape index (κ2) is 6.59. The van der Waals surface area contributed by atoms with Crippen molar-refractivity contribution in [1.82, 2.24) is 0 Å². The molecule has 0 aliphatic heterocycles. The summed E-state index contributed by atoms with van der Waals surface area (Å²) in [6, 6.07) is 12.8. The van der Waals surface area contributed by atoms with Gasteiger partial charge in [0.05, 0.1) is 4.21 Å². The molecule has 90 valence electrons. The molecule has 0 saturated carbocycles. The van der Waals surface area contributed by atoms with Crippen molar-refractivity contribution in [2.75, 3.05) is 6.54 Å². The first-order valence-electron chi connectivity index (χ1n) is 5.50. The van der Waals surface area contributed by atoms with E-state index in [4.69, 9.17) is 5.73 Å². The molecule has 4 heteroatoms. The SMILES string of the molecule is NCCCc1ccc(Sc2ccc(Br)cc2)s1. The predicted octanol–water partition coefficient (Wildman–Crippen LogP) is 4.55. The molecule has 2 rings (SSSR count). The molecule has 2 aromatic rings. The number of hydrogen-bond acceptors (Lipinski definition) is 3. The van der Waals surface area contributed by atoms with Gasteiger partial charge in [-0.15, -0.1) is 11.3 Å². The van der Waals surface area contributed by atoms with Gasteiger partial charge in [-0.1, -0.05) is 27.7 Å². The summed E-state index contributed by atoms with van der Waals surface area (Å²) in [5.41, 5.74) is 5.52. The number of nitrogens with two attached hydrogens (primary N) is 1. The number of aryl methyl sites for hydroxylation is 1. The van der Waals surface area contributed by atoms with Crippen LogP contribution in [0.5, 0.6) is 0 Å². The third-order valence-electron chi connectivity index (χ3n) is 2.30. The van der Waals surface area contributed by atoms with Crippen LogP contribution in [-0.4, -0.2) is 6.54 Å². The van der Waals surface area contributed by atoms with Crippen molar-refractivity contribution in [2.45, 2.75) is 21.9 Å². The first kappa shape index (κ1) is 13.1. The molecular weight excluding hydrogens is 314 g/mol. The van der Waals surface area contributed by atoms with Crippen molar-refractivity contribution in [2.24, 2.45) is 5.73 Å². The van der Waals surface area contributed by atoms with E-state index in [1.165, 1.54) is 14.0 Å². The van der Waals surface area contributed by atoms with Gasteiger partial charge >= 0.3 is 0 Å². The molecule has 0 saturated heterocycles. The second-order valence-corrected chi connectivity index (χ2v) is 7.13. The minimum atomic E-state index is 0.771. The number of thiophene rings is 1. The van der Waals surface area contributed by atoms with Crippen LogP contribution in [-0.2, 0) is 6.42 Å². The topological polar surface area (TPSA) is 26.0 Å². The van der Waals surface area contributed by atoms with Crippen molar-refractivity contribution >= 4 is 39.0 Å². The Morgan fingerprint density at radius 2 is 1.88 bits per heavy atom. The van der Waals surface area contributed by atoms with Gasteiger partial charge in [0, 0.05) is 14.2 Å². The van der Waals surface area contributed by atoms with Crippen molar-refractivity contribution in [3.8, 4) is 0 Å². The molecule has 0 unspecified atom stereocenters. The molecule has 0 atom stereocenters. The third kappa shape index (κ3) is 4.14. The molecule has 2 N–H and O–H groups in total. The Labute approximate surface area is 119 Å². The van der Waals surface area contributed by atoms with E-state index in [9.17, 15) is 0 Å². The van der Waals surface area contributed by atoms with E-state index in [1.54, 1.807) is 0 Å². The van der Waals surface area contributed by atoms with E-state index < -0.39 is 0 Å². The standard InChI is InChI=1S/C13H14BrNS2/c14-10-3-5-12(6-4-10)17-13-8-7-11(16-13)2-1-9-15/h3-8H,1-2,9,15H2. The fraction of sp³-hybridized carbons (Fsp3) is 0.231. The lowest BCUT2D eigenvalue weighted by atomic mass is 10.3. The Hall–Kier alpha value is -0.290. The van der Waals surface area contributed by atoms with Crippen LogP contribution >= 0.6 is 39.0 Å². The van der Waals surface area contributed by atoms with E-state index in [-0.39, 0.29) is 0 Å². The van der Waals surface area contributed by atoms with Crippen LogP contribution in [0.3, 0.4) is 0 Å². The molecular formula is C13H14BrNS2. The average molecular weight is 328 g/mol. The van der Waals surface area contributed by atoms with Gasteiger partial charge in [0.25, 0.3) is 0 Å². The Balaban J connectivity index is 1.98. The van der Waals surface area contributed by atoms with Gasteiger partial charge in [0.2, 0.25) is 0 Å². The van der Waals surface area contributed by atoms with Gasteiger partial charge in [0.1, 0.15) is 0 Å². The summed E-state index contributed by atoms with van der Waals surface area (Å²) in [5, 5.41) is 0. The van der Waals surface area contributed by atoms with E-state index in [0.717, 1.165) is 23.9 Å². The summed E-state index contributed by atoms with van der Waals surface area (Å²) >= 11 is 7.13. The summed E-state index contributed by atoms with van der Waals surface area (Å²) in [7, 11) is 0. The van der Waals surface area contributed by atoms with Crippen LogP contribution in [0.2, 0.25) is 0 Å². The largest absolute Gasteiger partial charge is 0.330 e. The molecule has 1 nitrogen and oxygen atoms in total. The monoisotopic (exact) mass is 327 g/mol. The Morgan fingerprint density at radius 3 is 2.59 bits per heavy atom. The fourth-order valence-corrected chi connectivity index (χ4v) is 3.90. The lowest BCUT2D eigenvalue weighted by molar-refractivity contribution is 0.843. The van der Waals surface area contributed by atoms with Crippen LogP contribution < -0.4 is 5.73 Å². The lowest BCUT2D eigenvalue weighted by Crippen LogP contribution is -1.98. The maximum Gasteiger partial charge on any atom is 0.0649 e. The number of hydrogen-bond donors (Lipinski definition) is 1. The Bertz CT molecular complexity index is 465. The van der Waals surface area contributed by atoms with Crippen molar-refractivity contribution in [1.29, 1.82) is 0 Å². The Morgan fingerprint density at radius 1 is 1.12 bits per heavy atom. The van der Waals surface area contributed by atoms with Crippen molar-refractivity contribution < 1.29 is 0 Å². The van der Waals surface area contributed by atoms with Crippen LogP contribution in [0.15, 0.2) is 50.0 Å². The zero-order chi connectivity index (χ0) is 12.1. The second-order valence-electron chi connectivity index (χ2n) is 3.67. The minimum Gasteiger partial charge on any atom is -0.330 e. The molecule has 0 bridgehead atoms. The van der Waals surface area contributed by atoms with Gasteiger partial charge in [0.15, 0.2) is 0 Å². The summed E-state index contributed by atoms with van der Waals surface area (Å²) < 4.78 is 2.47. The molecule has 0 radical (unpaired) electrons. The molecule has 1 aromatic carbocycles. The average Bonchev–Trinajstić information content (AvgIpc) is 2.77. The van der Waals surface area contributed by atoms with Gasteiger partial charge in [-0.3, -0.25) is 0 Å². The van der Waals surface area contributed by atoms with Gasteiger partial charge in [-0.25, -0.2) is 0 Å². The summed E-state index contributed by atoms with van der Waals surface area (Å²) in [6.07, 6.45) is 2.17. The highest BCUT2D eigenvalue weighted by Crippen LogP contribution is 2.34. The summed E-state index contributed by atoms with van der Waals surface area (Å²) in [4.78, 5) is 2.70. The van der Waals surface area contributed by atoms with E-state index >= 15 is 0 Å². The Kier molecular flexibility index (Phi) is 5.10. The van der Waals surface area contributed by atoms with Gasteiger partial charge in [-0.2, -0.15) is 0 Å². The molecule has 0 fully saturated rings. The molecule has 0 aliphatic rings. The van der Waals surface area contributed by atoms with Crippen LogP contribution in [0.1, 0.15) is 11.3 Å².